The van der Waals surface area contributed by atoms with Gasteiger partial charge in [-0.25, -0.2) is 0 Å². The van der Waals surface area contributed by atoms with E-state index in [0.29, 0.717) is 0 Å². The summed E-state index contributed by atoms with van der Waals surface area (Å²) in [5, 5.41) is 11.9. The number of benzene rings is 2. The molecule has 2 heteroatoms. The van der Waals surface area contributed by atoms with Crippen LogP contribution < -0.4 is 0 Å². The second-order valence-electron chi connectivity index (χ2n) is 6.71. The summed E-state index contributed by atoms with van der Waals surface area (Å²) in [7, 11) is 0. The number of hydrogen-bond donors (Lipinski definition) is 0. The molecule has 0 bridgehead atoms. The first kappa shape index (κ1) is 14.5. The fourth-order valence-electron chi connectivity index (χ4n) is 3.35. The standard InChI is InChI=1S/C22H18N2/c1-22(2)14-13-17(12-11-16(22)15-23)24-20-9-5-3-7-18(20)19-8-4-6-10-21(19)24/h3-14H,1-2H3. The minimum Gasteiger partial charge on any atom is -0.309 e. The minimum atomic E-state index is -0.258. The predicted octanol–water partition coefficient (Wildman–Crippen LogP) is 5.68. The average molecular weight is 310 g/mol. The third kappa shape index (κ3) is 2.10. The molecule has 0 N–H and O–H groups in total. The van der Waals surface area contributed by atoms with Gasteiger partial charge in [-0.05, 0) is 30.4 Å². The third-order valence-electron chi connectivity index (χ3n) is 4.74. The maximum Gasteiger partial charge on any atom is 0.0956 e. The molecule has 2 nitrogen and oxygen atoms in total. The molecule has 0 unspecified atom stereocenters. The maximum atomic E-state index is 9.42. The monoisotopic (exact) mass is 310 g/mol. The van der Waals surface area contributed by atoms with Crippen LogP contribution >= 0.6 is 0 Å². The van der Waals surface area contributed by atoms with E-state index < -0.39 is 0 Å². The lowest BCUT2D eigenvalue weighted by atomic mass is 9.85. The summed E-state index contributed by atoms with van der Waals surface area (Å²) in [4.78, 5) is 0. The van der Waals surface area contributed by atoms with E-state index in [-0.39, 0.29) is 5.41 Å². The Morgan fingerprint density at radius 3 is 2.04 bits per heavy atom. The van der Waals surface area contributed by atoms with Gasteiger partial charge in [-0.15, -0.1) is 0 Å². The van der Waals surface area contributed by atoms with Gasteiger partial charge < -0.3 is 4.57 Å². The molecular weight excluding hydrogens is 292 g/mol. The zero-order valence-corrected chi connectivity index (χ0v) is 13.8. The third-order valence-corrected chi connectivity index (χ3v) is 4.74. The van der Waals surface area contributed by atoms with Crippen molar-refractivity contribution in [2.45, 2.75) is 13.8 Å². The number of para-hydroxylation sites is 2. The van der Waals surface area contributed by atoms with Crippen LogP contribution in [0.1, 0.15) is 13.8 Å². The van der Waals surface area contributed by atoms with Crippen LogP contribution in [0.25, 0.3) is 27.5 Å². The minimum absolute atomic E-state index is 0.258. The van der Waals surface area contributed by atoms with Gasteiger partial charge in [-0.3, -0.25) is 0 Å². The molecule has 0 spiro atoms. The summed E-state index contributed by atoms with van der Waals surface area (Å²) in [5.41, 5.74) is 3.95. The van der Waals surface area contributed by atoms with Crippen molar-refractivity contribution < 1.29 is 0 Å². The zero-order valence-electron chi connectivity index (χ0n) is 13.8. The van der Waals surface area contributed by atoms with Crippen LogP contribution in [-0.4, -0.2) is 4.57 Å². The summed E-state index contributed by atoms with van der Waals surface area (Å²) in [6, 6.07) is 19.2. The maximum absolute atomic E-state index is 9.42. The first-order chi connectivity index (χ1) is 11.6. The number of nitriles is 1. The molecule has 0 fully saturated rings. The van der Waals surface area contributed by atoms with E-state index in [9.17, 15) is 5.26 Å². The van der Waals surface area contributed by atoms with Gasteiger partial charge in [0, 0.05) is 27.5 Å². The Hall–Kier alpha value is -3.05. The van der Waals surface area contributed by atoms with Crippen molar-refractivity contribution >= 4 is 27.5 Å². The summed E-state index contributed by atoms with van der Waals surface area (Å²) in [5.74, 6) is 0. The van der Waals surface area contributed by atoms with Gasteiger partial charge in [-0.1, -0.05) is 56.3 Å². The van der Waals surface area contributed by atoms with Gasteiger partial charge in [0.2, 0.25) is 0 Å². The number of fused-ring (bicyclic) bond motifs is 3. The Morgan fingerprint density at radius 1 is 0.875 bits per heavy atom. The molecule has 1 aromatic heterocycles. The molecular formula is C22H18N2. The SMILES string of the molecule is CC1(C)C=CC(n2c3ccccc3c3ccccc32)=CC=C1C#N. The Kier molecular flexibility index (Phi) is 3.18. The molecule has 0 aliphatic heterocycles. The second-order valence-corrected chi connectivity index (χ2v) is 6.71. The number of nitrogens with zero attached hydrogens (tertiary/aromatic N) is 2. The Bertz CT molecular complexity index is 1030. The van der Waals surface area contributed by atoms with E-state index in [1.165, 1.54) is 21.8 Å². The molecule has 0 saturated carbocycles. The fourth-order valence-corrected chi connectivity index (χ4v) is 3.35. The summed E-state index contributed by atoms with van der Waals surface area (Å²) < 4.78 is 2.27. The van der Waals surface area contributed by atoms with E-state index in [1.54, 1.807) is 0 Å². The van der Waals surface area contributed by atoms with Crippen LogP contribution in [0.2, 0.25) is 0 Å². The quantitative estimate of drug-likeness (QED) is 0.568. The highest BCUT2D eigenvalue weighted by atomic mass is 15.0. The van der Waals surface area contributed by atoms with Gasteiger partial charge in [0.1, 0.15) is 0 Å². The van der Waals surface area contributed by atoms with Crippen LogP contribution in [0.4, 0.5) is 0 Å². The molecule has 116 valence electrons. The first-order valence-corrected chi connectivity index (χ1v) is 8.12. The van der Waals surface area contributed by atoms with Crippen LogP contribution in [0.15, 0.2) is 78.4 Å². The molecule has 0 atom stereocenters. The van der Waals surface area contributed by atoms with Crippen molar-refractivity contribution in [3.05, 3.63) is 78.4 Å². The first-order valence-electron chi connectivity index (χ1n) is 8.12. The van der Waals surface area contributed by atoms with Crippen molar-refractivity contribution in [3.63, 3.8) is 0 Å². The molecule has 2 aromatic carbocycles. The Labute approximate surface area is 141 Å². The average Bonchev–Trinajstić information content (AvgIpc) is 2.84. The highest BCUT2D eigenvalue weighted by molar-refractivity contribution is 6.10. The van der Waals surface area contributed by atoms with Gasteiger partial charge in [0.05, 0.1) is 17.1 Å². The number of rotatable bonds is 1. The van der Waals surface area contributed by atoms with E-state index in [0.717, 1.165) is 11.3 Å². The van der Waals surface area contributed by atoms with E-state index in [4.69, 9.17) is 0 Å². The summed E-state index contributed by atoms with van der Waals surface area (Å²) in [6.45, 7) is 4.14. The fraction of sp³-hybridized carbons (Fsp3) is 0.136. The highest BCUT2D eigenvalue weighted by Gasteiger charge is 2.22. The van der Waals surface area contributed by atoms with Gasteiger partial charge in [-0.2, -0.15) is 5.26 Å². The van der Waals surface area contributed by atoms with Crippen molar-refractivity contribution in [1.82, 2.24) is 4.57 Å². The molecule has 0 radical (unpaired) electrons. The Morgan fingerprint density at radius 2 is 1.46 bits per heavy atom. The Balaban J connectivity index is 2.05. The largest absolute Gasteiger partial charge is 0.309 e. The molecule has 1 aliphatic carbocycles. The van der Waals surface area contributed by atoms with Crippen molar-refractivity contribution in [2.75, 3.05) is 0 Å². The molecule has 1 heterocycles. The lowest BCUT2D eigenvalue weighted by Crippen LogP contribution is -2.09. The van der Waals surface area contributed by atoms with Crippen LogP contribution in [0.5, 0.6) is 0 Å². The van der Waals surface area contributed by atoms with Crippen LogP contribution in [0, 0.1) is 16.7 Å². The van der Waals surface area contributed by atoms with Gasteiger partial charge in [0.15, 0.2) is 0 Å². The number of allylic oxidation sites excluding steroid dienone is 6. The molecule has 0 saturated heterocycles. The van der Waals surface area contributed by atoms with Crippen LogP contribution in [0.3, 0.4) is 0 Å². The van der Waals surface area contributed by atoms with Gasteiger partial charge >= 0.3 is 0 Å². The van der Waals surface area contributed by atoms with E-state index in [1.807, 2.05) is 12.2 Å². The summed E-state index contributed by atoms with van der Waals surface area (Å²) in [6.07, 6.45) is 8.23. The highest BCUT2D eigenvalue weighted by Crippen LogP contribution is 2.35. The number of aromatic nitrogens is 1. The topological polar surface area (TPSA) is 28.7 Å². The van der Waals surface area contributed by atoms with E-state index >= 15 is 0 Å². The lowest BCUT2D eigenvalue weighted by Gasteiger charge is -2.17. The molecule has 4 rings (SSSR count). The molecule has 24 heavy (non-hydrogen) atoms. The lowest BCUT2D eigenvalue weighted by molar-refractivity contribution is 0.599. The summed E-state index contributed by atoms with van der Waals surface area (Å²) >= 11 is 0. The number of hydrogen-bond acceptors (Lipinski definition) is 1. The van der Waals surface area contributed by atoms with Gasteiger partial charge in [0.25, 0.3) is 0 Å². The smallest absolute Gasteiger partial charge is 0.0956 e. The zero-order chi connectivity index (χ0) is 16.7. The van der Waals surface area contributed by atoms with Crippen molar-refractivity contribution in [2.24, 2.45) is 5.41 Å². The van der Waals surface area contributed by atoms with E-state index in [2.05, 4.69) is 85.2 Å². The molecule has 3 aromatic rings. The van der Waals surface area contributed by atoms with Crippen molar-refractivity contribution in [3.8, 4) is 6.07 Å². The molecule has 0 amide bonds. The molecule has 1 aliphatic rings. The van der Waals surface area contributed by atoms with Crippen molar-refractivity contribution in [1.29, 1.82) is 5.26 Å². The second kappa shape index (κ2) is 5.25. The van der Waals surface area contributed by atoms with Crippen LogP contribution in [-0.2, 0) is 0 Å². The predicted molar refractivity (Wildman–Crippen MR) is 100 cm³/mol. The normalized spacial score (nSPS) is 16.5.